The van der Waals surface area contributed by atoms with Gasteiger partial charge < -0.3 is 9.88 Å². The third kappa shape index (κ3) is 1.19. The second kappa shape index (κ2) is 3.28. The number of nitrogens with one attached hydrogen (secondary N) is 1. The van der Waals surface area contributed by atoms with Crippen LogP contribution in [0.4, 0.5) is 8.78 Å². The second-order valence-electron chi connectivity index (χ2n) is 4.25. The van der Waals surface area contributed by atoms with Gasteiger partial charge in [0, 0.05) is 24.2 Å². The van der Waals surface area contributed by atoms with Gasteiger partial charge >= 0.3 is 0 Å². The largest absolute Gasteiger partial charge is 0.346 e. The van der Waals surface area contributed by atoms with Crippen molar-refractivity contribution in [3.8, 4) is 0 Å². The van der Waals surface area contributed by atoms with E-state index in [4.69, 9.17) is 0 Å². The number of benzene rings is 1. The number of likely N-dealkylation sites (N-methyl/N-ethyl adjacent to an activating group) is 1. The fourth-order valence-electron chi connectivity index (χ4n) is 2.49. The van der Waals surface area contributed by atoms with Crippen molar-refractivity contribution in [1.82, 2.24) is 9.88 Å². The minimum absolute atomic E-state index is 0.285. The first-order valence-corrected chi connectivity index (χ1v) is 5.33. The van der Waals surface area contributed by atoms with E-state index in [9.17, 15) is 8.78 Å². The zero-order chi connectivity index (χ0) is 11.3. The zero-order valence-electron chi connectivity index (χ0n) is 8.93. The van der Waals surface area contributed by atoms with Crippen molar-refractivity contribution >= 4 is 10.9 Å². The van der Waals surface area contributed by atoms with E-state index in [1.807, 2.05) is 17.8 Å². The Morgan fingerprint density at radius 2 is 2.25 bits per heavy atom. The predicted octanol–water partition coefficient (Wildman–Crippen LogP) is 2.06. The summed E-state index contributed by atoms with van der Waals surface area (Å²) in [6.07, 6.45) is 2.56. The smallest absolute Gasteiger partial charge is 0.168 e. The van der Waals surface area contributed by atoms with E-state index in [1.54, 1.807) is 6.07 Å². The maximum Gasteiger partial charge on any atom is 0.168 e. The highest BCUT2D eigenvalue weighted by molar-refractivity contribution is 5.84. The Morgan fingerprint density at radius 3 is 3.00 bits per heavy atom. The van der Waals surface area contributed by atoms with Crippen LogP contribution < -0.4 is 5.32 Å². The fourth-order valence-corrected chi connectivity index (χ4v) is 2.49. The van der Waals surface area contributed by atoms with E-state index in [0.29, 0.717) is 5.39 Å². The van der Waals surface area contributed by atoms with E-state index in [0.717, 1.165) is 24.0 Å². The standard InChI is InChI=1S/C12H12F2N2/c1-15-8-4-7-5-10(13)11(14)9-2-3-16(6-8)12(7)9/h2-3,5,8,15H,4,6H2,1H3/t8-/m1/s1. The first-order chi connectivity index (χ1) is 7.70. The van der Waals surface area contributed by atoms with E-state index in [2.05, 4.69) is 5.32 Å². The van der Waals surface area contributed by atoms with Gasteiger partial charge in [-0.15, -0.1) is 0 Å². The van der Waals surface area contributed by atoms with Crippen LogP contribution in [0.25, 0.3) is 10.9 Å². The molecule has 2 heterocycles. The number of nitrogens with zero attached hydrogens (tertiary/aromatic N) is 1. The van der Waals surface area contributed by atoms with Gasteiger partial charge in [-0.1, -0.05) is 0 Å². The molecule has 3 rings (SSSR count). The van der Waals surface area contributed by atoms with Crippen LogP contribution in [-0.2, 0) is 13.0 Å². The van der Waals surface area contributed by atoms with Gasteiger partial charge in [0.15, 0.2) is 11.6 Å². The monoisotopic (exact) mass is 222 g/mol. The maximum atomic E-state index is 13.5. The third-order valence-corrected chi connectivity index (χ3v) is 3.31. The summed E-state index contributed by atoms with van der Waals surface area (Å²) in [7, 11) is 1.89. The fraction of sp³-hybridized carbons (Fsp3) is 0.333. The normalized spacial score (nSPS) is 19.3. The first-order valence-electron chi connectivity index (χ1n) is 5.33. The Morgan fingerprint density at radius 1 is 1.44 bits per heavy atom. The van der Waals surface area contributed by atoms with Gasteiger partial charge in [0.25, 0.3) is 0 Å². The Balaban J connectivity index is 2.29. The van der Waals surface area contributed by atoms with Crippen LogP contribution in [0.3, 0.4) is 0 Å². The zero-order valence-corrected chi connectivity index (χ0v) is 8.93. The summed E-state index contributed by atoms with van der Waals surface area (Å²) in [6.45, 7) is 0.804. The highest BCUT2D eigenvalue weighted by atomic mass is 19.2. The Labute approximate surface area is 91.9 Å². The molecule has 0 aliphatic carbocycles. The van der Waals surface area contributed by atoms with Crippen molar-refractivity contribution in [2.24, 2.45) is 0 Å². The van der Waals surface area contributed by atoms with Gasteiger partial charge in [-0.05, 0) is 31.2 Å². The molecular formula is C12H12F2N2. The SMILES string of the molecule is CN[C@@H]1Cc2cc(F)c(F)c3ccn(c23)C1. The number of hydrogen-bond acceptors (Lipinski definition) is 1. The average molecular weight is 222 g/mol. The number of hydrogen-bond donors (Lipinski definition) is 1. The van der Waals surface area contributed by atoms with Crippen molar-refractivity contribution in [3.63, 3.8) is 0 Å². The molecule has 0 saturated carbocycles. The molecule has 2 nitrogen and oxygen atoms in total. The van der Waals surface area contributed by atoms with Gasteiger partial charge in [0.2, 0.25) is 0 Å². The van der Waals surface area contributed by atoms with Gasteiger partial charge in [0.1, 0.15) is 0 Å². The van der Waals surface area contributed by atoms with Gasteiger partial charge in [-0.25, -0.2) is 8.78 Å². The minimum atomic E-state index is -0.753. The minimum Gasteiger partial charge on any atom is -0.346 e. The molecule has 0 fully saturated rings. The highest BCUT2D eigenvalue weighted by Gasteiger charge is 2.22. The quantitative estimate of drug-likeness (QED) is 0.781. The van der Waals surface area contributed by atoms with Crippen molar-refractivity contribution in [1.29, 1.82) is 0 Å². The summed E-state index contributed by atoms with van der Waals surface area (Å²) in [5, 5.41) is 3.57. The average Bonchev–Trinajstić information content (AvgIpc) is 2.70. The van der Waals surface area contributed by atoms with E-state index < -0.39 is 11.6 Å². The van der Waals surface area contributed by atoms with Crippen LogP contribution in [-0.4, -0.2) is 17.7 Å². The molecule has 1 atom stereocenters. The van der Waals surface area contributed by atoms with Crippen LogP contribution in [0.2, 0.25) is 0 Å². The molecule has 4 heteroatoms. The van der Waals surface area contributed by atoms with Gasteiger partial charge in [-0.3, -0.25) is 0 Å². The molecule has 0 bridgehead atoms. The lowest BCUT2D eigenvalue weighted by Gasteiger charge is -2.24. The Kier molecular flexibility index (Phi) is 2.01. The van der Waals surface area contributed by atoms with Crippen LogP contribution in [0.15, 0.2) is 18.3 Å². The van der Waals surface area contributed by atoms with E-state index >= 15 is 0 Å². The molecule has 2 aromatic rings. The molecule has 84 valence electrons. The Hall–Kier alpha value is -1.42. The van der Waals surface area contributed by atoms with Crippen molar-refractivity contribution in [3.05, 3.63) is 35.5 Å². The third-order valence-electron chi connectivity index (χ3n) is 3.31. The van der Waals surface area contributed by atoms with Crippen molar-refractivity contribution in [2.45, 2.75) is 19.0 Å². The molecular weight excluding hydrogens is 210 g/mol. The summed E-state index contributed by atoms with van der Waals surface area (Å²) in [5.74, 6) is -1.49. The summed E-state index contributed by atoms with van der Waals surface area (Å²) in [5.41, 5.74) is 1.72. The van der Waals surface area contributed by atoms with Crippen molar-refractivity contribution in [2.75, 3.05) is 7.05 Å². The number of halogens is 2. The molecule has 1 N–H and O–H groups in total. The molecule has 16 heavy (non-hydrogen) atoms. The Bertz CT molecular complexity index is 560. The van der Waals surface area contributed by atoms with Gasteiger partial charge in [-0.2, -0.15) is 0 Å². The lowest BCUT2D eigenvalue weighted by atomic mass is 9.99. The molecule has 1 aromatic carbocycles. The van der Waals surface area contributed by atoms with E-state index in [-0.39, 0.29) is 6.04 Å². The van der Waals surface area contributed by atoms with Crippen LogP contribution in [0.5, 0.6) is 0 Å². The first kappa shape index (κ1) is 9.78. The van der Waals surface area contributed by atoms with Crippen LogP contribution in [0.1, 0.15) is 5.56 Å². The second-order valence-corrected chi connectivity index (χ2v) is 4.25. The predicted molar refractivity (Wildman–Crippen MR) is 58.4 cm³/mol. The molecule has 0 amide bonds. The molecule has 0 spiro atoms. The molecule has 1 aliphatic heterocycles. The lowest BCUT2D eigenvalue weighted by Crippen LogP contribution is -2.35. The molecule has 0 saturated heterocycles. The molecule has 1 aromatic heterocycles. The lowest BCUT2D eigenvalue weighted by molar-refractivity contribution is 0.465. The summed E-state index contributed by atoms with van der Waals surface area (Å²) >= 11 is 0. The molecule has 0 unspecified atom stereocenters. The number of rotatable bonds is 1. The molecule has 0 radical (unpaired) electrons. The highest BCUT2D eigenvalue weighted by Crippen LogP contribution is 2.29. The van der Waals surface area contributed by atoms with Gasteiger partial charge in [0.05, 0.1) is 5.52 Å². The topological polar surface area (TPSA) is 17.0 Å². The maximum absolute atomic E-state index is 13.5. The number of aromatic nitrogens is 1. The summed E-state index contributed by atoms with van der Waals surface area (Å²) in [4.78, 5) is 0. The summed E-state index contributed by atoms with van der Waals surface area (Å²) in [6, 6.07) is 3.25. The summed E-state index contributed by atoms with van der Waals surface area (Å²) < 4.78 is 28.9. The van der Waals surface area contributed by atoms with Crippen LogP contribution in [0, 0.1) is 11.6 Å². The van der Waals surface area contributed by atoms with Crippen molar-refractivity contribution < 1.29 is 8.78 Å². The molecule has 1 aliphatic rings. The van der Waals surface area contributed by atoms with E-state index in [1.165, 1.54) is 6.07 Å². The van der Waals surface area contributed by atoms with Crippen LogP contribution >= 0.6 is 0 Å².